The van der Waals surface area contributed by atoms with Gasteiger partial charge in [0.15, 0.2) is 0 Å². The summed E-state index contributed by atoms with van der Waals surface area (Å²) in [6.45, 7) is 4.42. The van der Waals surface area contributed by atoms with Crippen molar-refractivity contribution in [3.8, 4) is 0 Å². The average Bonchev–Trinajstić information content (AvgIpc) is 2.99. The SMILES string of the molecule is Cc1cccnc1C(NC(=O)N1C[C@@H](C(F)(F)F)[C@H](C(=O)O)C1)C(C)C. The summed E-state index contributed by atoms with van der Waals surface area (Å²) >= 11 is 0. The lowest BCUT2D eigenvalue weighted by Crippen LogP contribution is -2.43. The van der Waals surface area contributed by atoms with E-state index in [0.29, 0.717) is 5.69 Å². The molecule has 1 aliphatic rings. The molecule has 0 spiro atoms. The number of alkyl halides is 3. The third kappa shape index (κ3) is 4.25. The van der Waals surface area contributed by atoms with Crippen LogP contribution in [0.2, 0.25) is 0 Å². The van der Waals surface area contributed by atoms with Gasteiger partial charge in [0.1, 0.15) is 0 Å². The van der Waals surface area contributed by atoms with Gasteiger partial charge in [-0.1, -0.05) is 19.9 Å². The molecule has 1 fully saturated rings. The highest BCUT2D eigenvalue weighted by Crippen LogP contribution is 2.38. The summed E-state index contributed by atoms with van der Waals surface area (Å²) in [6.07, 6.45) is -3.09. The van der Waals surface area contributed by atoms with Crippen molar-refractivity contribution in [1.29, 1.82) is 0 Å². The molecular weight excluding hydrogens is 351 g/mol. The van der Waals surface area contributed by atoms with Crippen molar-refractivity contribution in [3.05, 3.63) is 29.6 Å². The Morgan fingerprint density at radius 2 is 2.00 bits per heavy atom. The Hall–Kier alpha value is -2.32. The van der Waals surface area contributed by atoms with Crippen molar-refractivity contribution in [2.45, 2.75) is 33.0 Å². The molecule has 0 bridgehead atoms. The quantitative estimate of drug-likeness (QED) is 0.850. The number of rotatable bonds is 4. The maximum absolute atomic E-state index is 13.1. The van der Waals surface area contributed by atoms with E-state index in [9.17, 15) is 22.8 Å². The molecule has 0 aromatic carbocycles. The molecule has 2 amide bonds. The topological polar surface area (TPSA) is 82.5 Å². The lowest BCUT2D eigenvalue weighted by molar-refractivity contribution is -0.187. The third-order valence-corrected chi connectivity index (χ3v) is 4.63. The molecule has 144 valence electrons. The molecule has 1 unspecified atom stereocenters. The Bertz CT molecular complexity index is 679. The van der Waals surface area contributed by atoms with Crippen molar-refractivity contribution in [2.75, 3.05) is 13.1 Å². The molecule has 1 aromatic rings. The summed E-state index contributed by atoms with van der Waals surface area (Å²) in [5.41, 5.74) is 1.49. The average molecular weight is 373 g/mol. The molecule has 0 radical (unpaired) electrons. The molecule has 9 heteroatoms. The van der Waals surface area contributed by atoms with Gasteiger partial charge in [-0.25, -0.2) is 4.79 Å². The zero-order valence-corrected chi connectivity index (χ0v) is 14.7. The minimum Gasteiger partial charge on any atom is -0.481 e. The zero-order chi connectivity index (χ0) is 19.6. The van der Waals surface area contributed by atoms with E-state index in [1.807, 2.05) is 26.8 Å². The van der Waals surface area contributed by atoms with Gasteiger partial charge in [-0.15, -0.1) is 0 Å². The number of carboxylic acids is 1. The minimum absolute atomic E-state index is 0.0520. The summed E-state index contributed by atoms with van der Waals surface area (Å²) in [5, 5.41) is 11.8. The first-order valence-electron chi connectivity index (χ1n) is 8.28. The molecular formula is C17H22F3N3O3. The number of carboxylic acid groups (broad SMARTS) is 1. The number of pyridine rings is 1. The lowest BCUT2D eigenvalue weighted by Gasteiger charge is -2.26. The zero-order valence-electron chi connectivity index (χ0n) is 14.7. The Kier molecular flexibility index (Phi) is 5.77. The first-order chi connectivity index (χ1) is 12.0. The fourth-order valence-electron chi connectivity index (χ4n) is 3.15. The number of halogens is 3. The number of likely N-dealkylation sites (tertiary alicyclic amines) is 1. The van der Waals surface area contributed by atoms with Gasteiger partial charge in [0, 0.05) is 19.3 Å². The molecule has 3 atom stereocenters. The minimum atomic E-state index is -4.67. The predicted molar refractivity (Wildman–Crippen MR) is 87.3 cm³/mol. The van der Waals surface area contributed by atoms with Gasteiger partial charge in [0.25, 0.3) is 0 Å². The van der Waals surface area contributed by atoms with Gasteiger partial charge in [-0.2, -0.15) is 13.2 Å². The number of urea groups is 1. The molecule has 2 N–H and O–H groups in total. The highest BCUT2D eigenvalue weighted by Gasteiger charge is 2.53. The van der Waals surface area contributed by atoms with E-state index in [4.69, 9.17) is 5.11 Å². The number of nitrogens with one attached hydrogen (secondary N) is 1. The highest BCUT2D eigenvalue weighted by atomic mass is 19.4. The van der Waals surface area contributed by atoms with E-state index in [1.54, 1.807) is 12.3 Å². The Balaban J connectivity index is 2.18. The maximum Gasteiger partial charge on any atom is 0.394 e. The number of nitrogens with zero attached hydrogens (tertiary/aromatic N) is 2. The number of aliphatic carboxylic acids is 1. The van der Waals surface area contributed by atoms with Gasteiger partial charge in [0.2, 0.25) is 0 Å². The van der Waals surface area contributed by atoms with E-state index in [-0.39, 0.29) is 5.92 Å². The van der Waals surface area contributed by atoms with Crippen LogP contribution in [0.25, 0.3) is 0 Å². The van der Waals surface area contributed by atoms with Crippen molar-refractivity contribution in [1.82, 2.24) is 15.2 Å². The van der Waals surface area contributed by atoms with Crippen LogP contribution in [0.5, 0.6) is 0 Å². The number of aryl methyl sites for hydroxylation is 1. The number of aromatic nitrogens is 1. The van der Waals surface area contributed by atoms with E-state index in [1.165, 1.54) is 0 Å². The van der Waals surface area contributed by atoms with E-state index >= 15 is 0 Å². The summed E-state index contributed by atoms with van der Waals surface area (Å²) in [4.78, 5) is 28.9. The van der Waals surface area contributed by atoms with Gasteiger partial charge >= 0.3 is 18.2 Å². The highest BCUT2D eigenvalue weighted by molar-refractivity contribution is 5.78. The summed E-state index contributed by atoms with van der Waals surface area (Å²) in [5.74, 6) is -5.33. The first-order valence-corrected chi connectivity index (χ1v) is 8.28. The van der Waals surface area contributed by atoms with Gasteiger partial charge < -0.3 is 15.3 Å². The third-order valence-electron chi connectivity index (χ3n) is 4.63. The Morgan fingerprint density at radius 1 is 1.35 bits per heavy atom. The summed E-state index contributed by atoms with van der Waals surface area (Å²) in [7, 11) is 0. The molecule has 2 heterocycles. The van der Waals surface area contributed by atoms with Crippen LogP contribution < -0.4 is 5.32 Å². The van der Waals surface area contributed by atoms with Gasteiger partial charge in [-0.05, 0) is 24.5 Å². The van der Waals surface area contributed by atoms with E-state index in [0.717, 1.165) is 10.5 Å². The summed E-state index contributed by atoms with van der Waals surface area (Å²) < 4.78 is 39.3. The molecule has 0 aliphatic carbocycles. The number of carbonyl (C=O) groups is 2. The van der Waals surface area contributed by atoms with Gasteiger partial charge in [0.05, 0.1) is 23.6 Å². The van der Waals surface area contributed by atoms with Crippen LogP contribution in [0, 0.1) is 24.7 Å². The molecule has 1 saturated heterocycles. The molecule has 6 nitrogen and oxygen atoms in total. The maximum atomic E-state index is 13.1. The van der Waals surface area contributed by atoms with Crippen LogP contribution in [0.4, 0.5) is 18.0 Å². The Labute approximate surface area is 149 Å². The van der Waals surface area contributed by atoms with Crippen molar-refractivity contribution >= 4 is 12.0 Å². The van der Waals surface area contributed by atoms with Crippen LogP contribution >= 0.6 is 0 Å². The smallest absolute Gasteiger partial charge is 0.394 e. The van der Waals surface area contributed by atoms with Crippen molar-refractivity contribution in [2.24, 2.45) is 17.8 Å². The molecule has 2 rings (SSSR count). The van der Waals surface area contributed by atoms with Crippen LogP contribution in [0.15, 0.2) is 18.3 Å². The number of amides is 2. The van der Waals surface area contributed by atoms with E-state index < -0.39 is 49.1 Å². The van der Waals surface area contributed by atoms with Crippen LogP contribution in [0.1, 0.15) is 31.1 Å². The van der Waals surface area contributed by atoms with Crippen LogP contribution in [-0.4, -0.2) is 46.3 Å². The second-order valence-electron chi connectivity index (χ2n) is 6.87. The van der Waals surface area contributed by atoms with E-state index in [2.05, 4.69) is 10.3 Å². The normalized spacial score (nSPS) is 21.7. The fourth-order valence-corrected chi connectivity index (χ4v) is 3.15. The molecule has 1 aromatic heterocycles. The molecule has 1 aliphatic heterocycles. The first kappa shape index (κ1) is 20.0. The summed E-state index contributed by atoms with van der Waals surface area (Å²) in [6, 6.07) is 2.38. The largest absolute Gasteiger partial charge is 0.481 e. The van der Waals surface area contributed by atoms with Crippen LogP contribution in [-0.2, 0) is 4.79 Å². The standard InChI is InChI=1S/C17H22F3N3O3/c1-9(2)13(14-10(3)5-4-6-21-14)22-16(26)23-7-11(15(24)25)12(8-23)17(18,19)20/h4-6,9,11-13H,7-8H2,1-3H3,(H,22,26)(H,24,25)/t11-,12-,13?/m1/s1. The van der Waals surface area contributed by atoms with Gasteiger partial charge in [-0.3, -0.25) is 9.78 Å². The second-order valence-corrected chi connectivity index (χ2v) is 6.87. The number of hydrogen-bond acceptors (Lipinski definition) is 3. The number of hydrogen-bond donors (Lipinski definition) is 2. The second kappa shape index (κ2) is 7.51. The van der Waals surface area contributed by atoms with Crippen molar-refractivity contribution < 1.29 is 27.9 Å². The Morgan fingerprint density at radius 3 is 2.46 bits per heavy atom. The fraction of sp³-hybridized carbons (Fsp3) is 0.588. The number of carbonyl (C=O) groups excluding carboxylic acids is 1. The van der Waals surface area contributed by atoms with Crippen molar-refractivity contribution in [3.63, 3.8) is 0 Å². The lowest BCUT2D eigenvalue weighted by atomic mass is 9.96. The molecule has 0 saturated carbocycles. The molecule has 26 heavy (non-hydrogen) atoms. The van der Waals surface area contributed by atoms with Crippen LogP contribution in [0.3, 0.4) is 0 Å². The monoisotopic (exact) mass is 373 g/mol. The predicted octanol–water partition coefficient (Wildman–Crippen LogP) is 2.99.